The van der Waals surface area contributed by atoms with Gasteiger partial charge in [-0.2, -0.15) is 5.10 Å². The van der Waals surface area contributed by atoms with E-state index in [0.717, 1.165) is 10.9 Å². The highest BCUT2D eigenvalue weighted by Gasteiger charge is 2.03. The number of nitrogens with zero attached hydrogens (tertiary/aromatic N) is 3. The molecule has 0 spiro atoms. The molecule has 0 saturated carbocycles. The third kappa shape index (κ3) is 3.06. The van der Waals surface area contributed by atoms with Crippen molar-refractivity contribution in [2.45, 2.75) is 0 Å². The summed E-state index contributed by atoms with van der Waals surface area (Å²) in [6, 6.07) is 17.8. The molecule has 0 amide bonds. The molecular weight excluding hydrogens is 280 g/mol. The van der Waals surface area contributed by atoms with E-state index in [4.69, 9.17) is 0 Å². The normalized spacial score (nSPS) is 10.9. The fourth-order valence-electron chi connectivity index (χ4n) is 2.02. The van der Waals surface area contributed by atoms with Crippen LogP contribution in [0, 0.1) is 10.1 Å². The van der Waals surface area contributed by atoms with Crippen molar-refractivity contribution in [1.82, 2.24) is 4.98 Å². The second kappa shape index (κ2) is 6.01. The van der Waals surface area contributed by atoms with Crippen molar-refractivity contribution >= 4 is 28.6 Å². The number of hydrogen-bond acceptors (Lipinski definition) is 5. The molecular formula is C16H12N4O2. The minimum atomic E-state index is -0.435. The van der Waals surface area contributed by atoms with Crippen LogP contribution >= 0.6 is 0 Å². The van der Waals surface area contributed by atoms with Crippen molar-refractivity contribution in [3.05, 3.63) is 76.3 Å². The van der Waals surface area contributed by atoms with Gasteiger partial charge in [0, 0.05) is 23.1 Å². The molecule has 0 aliphatic heterocycles. The van der Waals surface area contributed by atoms with Gasteiger partial charge in [-0.3, -0.25) is 15.5 Å². The lowest BCUT2D eigenvalue weighted by molar-refractivity contribution is -0.384. The van der Waals surface area contributed by atoms with Crippen LogP contribution in [-0.2, 0) is 0 Å². The first kappa shape index (κ1) is 13.7. The minimum absolute atomic E-state index is 0.0350. The Morgan fingerprint density at radius 3 is 2.82 bits per heavy atom. The number of hydrogen-bond donors (Lipinski definition) is 1. The molecule has 3 aromatic rings. The van der Waals surface area contributed by atoms with E-state index in [-0.39, 0.29) is 5.69 Å². The maximum Gasteiger partial charge on any atom is 0.270 e. The van der Waals surface area contributed by atoms with Gasteiger partial charge < -0.3 is 0 Å². The van der Waals surface area contributed by atoms with Crippen molar-refractivity contribution < 1.29 is 4.92 Å². The fourth-order valence-corrected chi connectivity index (χ4v) is 2.02. The number of rotatable bonds is 4. The Morgan fingerprint density at radius 2 is 1.95 bits per heavy atom. The number of non-ortho nitro benzene ring substituents is 1. The van der Waals surface area contributed by atoms with Gasteiger partial charge >= 0.3 is 0 Å². The van der Waals surface area contributed by atoms with Gasteiger partial charge in [-0.25, -0.2) is 4.98 Å². The topological polar surface area (TPSA) is 80.4 Å². The molecule has 0 fully saturated rings. The van der Waals surface area contributed by atoms with Gasteiger partial charge in [0.25, 0.3) is 5.69 Å². The molecule has 0 atom stereocenters. The van der Waals surface area contributed by atoms with E-state index in [0.29, 0.717) is 11.4 Å². The molecule has 1 heterocycles. The van der Waals surface area contributed by atoms with Gasteiger partial charge in [-0.05, 0) is 18.2 Å². The van der Waals surface area contributed by atoms with Crippen molar-refractivity contribution in [2.75, 3.05) is 5.43 Å². The quantitative estimate of drug-likeness (QED) is 0.452. The summed E-state index contributed by atoms with van der Waals surface area (Å²) in [5.74, 6) is 0.611. The second-order valence-electron chi connectivity index (χ2n) is 4.61. The van der Waals surface area contributed by atoms with Crippen LogP contribution in [0.5, 0.6) is 0 Å². The second-order valence-corrected chi connectivity index (χ2v) is 4.61. The maximum absolute atomic E-state index is 10.7. The number of hydrazone groups is 1. The van der Waals surface area contributed by atoms with Crippen molar-refractivity contribution in [2.24, 2.45) is 5.10 Å². The summed E-state index contributed by atoms with van der Waals surface area (Å²) in [6.45, 7) is 0. The predicted molar refractivity (Wildman–Crippen MR) is 86.1 cm³/mol. The largest absolute Gasteiger partial charge is 0.270 e. The van der Waals surface area contributed by atoms with E-state index in [1.807, 2.05) is 36.4 Å². The molecule has 0 saturated heterocycles. The third-order valence-corrected chi connectivity index (χ3v) is 3.07. The molecule has 1 aromatic heterocycles. The average Bonchev–Trinajstić information content (AvgIpc) is 2.55. The lowest BCUT2D eigenvalue weighted by atomic mass is 10.2. The molecule has 22 heavy (non-hydrogen) atoms. The number of nitro groups is 1. The van der Waals surface area contributed by atoms with Crippen LogP contribution in [0.4, 0.5) is 11.5 Å². The molecule has 0 aliphatic rings. The van der Waals surface area contributed by atoms with Crippen LogP contribution in [-0.4, -0.2) is 16.1 Å². The average molecular weight is 292 g/mol. The van der Waals surface area contributed by atoms with Gasteiger partial charge in [0.2, 0.25) is 0 Å². The summed E-state index contributed by atoms with van der Waals surface area (Å²) >= 11 is 0. The molecule has 2 aromatic carbocycles. The molecule has 0 radical (unpaired) electrons. The lowest BCUT2D eigenvalue weighted by Crippen LogP contribution is -1.94. The summed E-state index contributed by atoms with van der Waals surface area (Å²) in [6.07, 6.45) is 1.52. The first-order valence-electron chi connectivity index (χ1n) is 6.62. The number of benzene rings is 2. The number of aromatic nitrogens is 1. The van der Waals surface area contributed by atoms with Crippen molar-refractivity contribution in [3.8, 4) is 0 Å². The van der Waals surface area contributed by atoms with E-state index in [2.05, 4.69) is 15.5 Å². The highest BCUT2D eigenvalue weighted by atomic mass is 16.6. The van der Waals surface area contributed by atoms with Crippen LogP contribution in [0.3, 0.4) is 0 Å². The highest BCUT2D eigenvalue weighted by Crippen LogP contribution is 2.15. The smallest absolute Gasteiger partial charge is 0.261 e. The summed E-state index contributed by atoms with van der Waals surface area (Å²) in [7, 11) is 0. The first-order chi connectivity index (χ1) is 10.7. The zero-order chi connectivity index (χ0) is 15.4. The van der Waals surface area contributed by atoms with Crippen LogP contribution in [0.15, 0.2) is 65.8 Å². The van der Waals surface area contributed by atoms with Crippen molar-refractivity contribution in [1.29, 1.82) is 0 Å². The molecule has 6 heteroatoms. The van der Waals surface area contributed by atoms with Gasteiger partial charge in [-0.15, -0.1) is 0 Å². The van der Waals surface area contributed by atoms with E-state index in [1.54, 1.807) is 12.1 Å². The van der Waals surface area contributed by atoms with E-state index < -0.39 is 4.92 Å². The Labute approximate surface area is 126 Å². The number of para-hydroxylation sites is 1. The number of nitro benzene ring substituents is 1. The molecule has 1 N–H and O–H groups in total. The Kier molecular flexibility index (Phi) is 3.74. The van der Waals surface area contributed by atoms with E-state index in [9.17, 15) is 10.1 Å². The zero-order valence-corrected chi connectivity index (χ0v) is 11.5. The Balaban J connectivity index is 1.75. The van der Waals surface area contributed by atoms with Gasteiger partial charge in [0.1, 0.15) is 5.82 Å². The SMILES string of the molecule is O=[N+]([O-])c1cccc(/C=N\Nc2ccc3ccccc3n2)c1. The first-order valence-corrected chi connectivity index (χ1v) is 6.62. The Bertz CT molecular complexity index is 861. The molecule has 0 unspecified atom stereocenters. The van der Waals surface area contributed by atoms with E-state index in [1.165, 1.54) is 18.3 Å². The molecule has 6 nitrogen and oxygen atoms in total. The summed E-state index contributed by atoms with van der Waals surface area (Å²) in [5, 5.41) is 15.8. The lowest BCUT2D eigenvalue weighted by Gasteiger charge is -2.01. The number of pyridine rings is 1. The molecule has 3 rings (SSSR count). The number of anilines is 1. The van der Waals surface area contributed by atoms with Gasteiger partial charge in [-0.1, -0.05) is 30.3 Å². The number of nitrogens with one attached hydrogen (secondary N) is 1. The predicted octanol–water partition coefficient (Wildman–Crippen LogP) is 3.59. The fraction of sp³-hybridized carbons (Fsp3) is 0. The molecule has 108 valence electrons. The maximum atomic E-state index is 10.7. The standard InChI is InChI=1S/C16H12N4O2/c21-20(22)14-6-3-4-12(10-14)11-17-19-16-9-8-13-5-1-2-7-15(13)18-16/h1-11H,(H,18,19)/b17-11-. The molecule has 0 bridgehead atoms. The van der Waals surface area contributed by atoms with E-state index >= 15 is 0 Å². The Hall–Kier alpha value is -3.28. The molecule has 0 aliphatic carbocycles. The third-order valence-electron chi connectivity index (χ3n) is 3.07. The van der Waals surface area contributed by atoms with Crippen LogP contribution in [0.2, 0.25) is 0 Å². The monoisotopic (exact) mass is 292 g/mol. The van der Waals surface area contributed by atoms with Crippen LogP contribution in [0.25, 0.3) is 10.9 Å². The summed E-state index contributed by atoms with van der Waals surface area (Å²) < 4.78 is 0. The van der Waals surface area contributed by atoms with Gasteiger partial charge in [0.15, 0.2) is 0 Å². The highest BCUT2D eigenvalue weighted by molar-refractivity contribution is 5.82. The minimum Gasteiger partial charge on any atom is -0.261 e. The summed E-state index contributed by atoms with van der Waals surface area (Å²) in [4.78, 5) is 14.7. The summed E-state index contributed by atoms with van der Waals surface area (Å²) in [5.41, 5.74) is 4.37. The van der Waals surface area contributed by atoms with Gasteiger partial charge in [0.05, 0.1) is 16.7 Å². The Morgan fingerprint density at radius 1 is 1.09 bits per heavy atom. The zero-order valence-electron chi connectivity index (χ0n) is 11.5. The van der Waals surface area contributed by atoms with Crippen LogP contribution < -0.4 is 5.43 Å². The number of fused-ring (bicyclic) bond motifs is 1. The van der Waals surface area contributed by atoms with Crippen molar-refractivity contribution in [3.63, 3.8) is 0 Å². The van der Waals surface area contributed by atoms with Crippen LogP contribution in [0.1, 0.15) is 5.56 Å².